The Balaban J connectivity index is 1.75. The third-order valence-electron chi connectivity index (χ3n) is 4.35. The summed E-state index contributed by atoms with van der Waals surface area (Å²) in [7, 11) is -4.07. The van der Waals surface area contributed by atoms with E-state index >= 15 is 0 Å². The Hall–Kier alpha value is -3.91. The third kappa shape index (κ3) is 5.58. The number of ketones is 1. The second-order valence-corrected chi connectivity index (χ2v) is 8.36. The zero-order chi connectivity index (χ0) is 22.4. The third-order valence-corrected chi connectivity index (χ3v) is 5.70. The van der Waals surface area contributed by atoms with Crippen molar-refractivity contribution in [1.82, 2.24) is 4.72 Å². The van der Waals surface area contributed by atoms with Crippen LogP contribution in [-0.2, 0) is 10.0 Å². The lowest BCUT2D eigenvalue weighted by Crippen LogP contribution is -2.34. The first-order valence-corrected chi connectivity index (χ1v) is 10.7. The van der Waals surface area contributed by atoms with Crippen LogP contribution in [0.3, 0.4) is 0 Å². The van der Waals surface area contributed by atoms with Crippen molar-refractivity contribution in [2.75, 3.05) is 5.32 Å². The minimum atomic E-state index is -4.07. The molecule has 3 N–H and O–H groups in total. The van der Waals surface area contributed by atoms with Crippen molar-refractivity contribution >= 4 is 33.6 Å². The number of amides is 2. The van der Waals surface area contributed by atoms with Gasteiger partial charge in [-0.05, 0) is 49.4 Å². The van der Waals surface area contributed by atoms with Crippen molar-refractivity contribution in [3.8, 4) is 5.75 Å². The van der Waals surface area contributed by atoms with Gasteiger partial charge in [0.1, 0.15) is 5.75 Å². The number of para-hydroxylation sites is 2. The van der Waals surface area contributed by atoms with Crippen molar-refractivity contribution < 1.29 is 23.1 Å². The maximum Gasteiger partial charge on any atom is 0.333 e. The lowest BCUT2D eigenvalue weighted by atomic mass is 10.1. The highest BCUT2D eigenvalue weighted by Crippen LogP contribution is 2.20. The minimum absolute atomic E-state index is 0.0265. The van der Waals surface area contributed by atoms with Crippen LogP contribution >= 0.6 is 0 Å². The number of hydrogen-bond donors (Lipinski definition) is 3. The number of rotatable bonds is 6. The summed E-state index contributed by atoms with van der Waals surface area (Å²) >= 11 is 0. The summed E-state index contributed by atoms with van der Waals surface area (Å²) < 4.78 is 26.7. The average Bonchev–Trinajstić information content (AvgIpc) is 2.73. The number of hydrogen-bond acceptors (Lipinski definition) is 5. The Morgan fingerprint density at radius 1 is 0.903 bits per heavy atom. The van der Waals surface area contributed by atoms with E-state index in [1.807, 2.05) is 11.6 Å². The number of aryl methyl sites for hydroxylation is 1. The SMILES string of the molecule is Cc1ccc(S(=O)(=O)NC(=O)Nc2ccccc2C(=O)/C=C/c2ccccc2O)cc1. The molecule has 158 valence electrons. The number of sulfonamides is 1. The number of phenolic OH excluding ortho intramolecular Hbond substituents is 1. The fraction of sp³-hybridized carbons (Fsp3) is 0.0435. The van der Waals surface area contributed by atoms with Crippen LogP contribution in [0.1, 0.15) is 21.5 Å². The highest BCUT2D eigenvalue weighted by Gasteiger charge is 2.19. The molecule has 3 aromatic rings. The normalized spacial score (nSPS) is 11.3. The number of nitrogens with one attached hydrogen (secondary N) is 2. The monoisotopic (exact) mass is 436 g/mol. The Kier molecular flexibility index (Phi) is 6.52. The predicted octanol–water partition coefficient (Wildman–Crippen LogP) is 4.11. The lowest BCUT2D eigenvalue weighted by molar-refractivity contribution is 0.104. The molecule has 0 aliphatic rings. The first kappa shape index (κ1) is 21.8. The molecule has 0 bridgehead atoms. The van der Waals surface area contributed by atoms with E-state index in [2.05, 4.69) is 5.32 Å². The second-order valence-electron chi connectivity index (χ2n) is 6.67. The van der Waals surface area contributed by atoms with Gasteiger partial charge in [0.25, 0.3) is 10.0 Å². The van der Waals surface area contributed by atoms with Gasteiger partial charge in [-0.2, -0.15) is 0 Å². The first-order chi connectivity index (χ1) is 14.8. The van der Waals surface area contributed by atoms with Crippen molar-refractivity contribution in [3.05, 3.63) is 95.6 Å². The zero-order valence-corrected chi connectivity index (χ0v) is 17.4. The number of carbonyl (C=O) groups is 2. The summed E-state index contributed by atoms with van der Waals surface area (Å²) in [5, 5.41) is 12.2. The lowest BCUT2D eigenvalue weighted by Gasteiger charge is -2.11. The van der Waals surface area contributed by atoms with E-state index in [0.717, 1.165) is 5.56 Å². The van der Waals surface area contributed by atoms with Crippen molar-refractivity contribution in [1.29, 1.82) is 0 Å². The topological polar surface area (TPSA) is 113 Å². The molecule has 0 unspecified atom stereocenters. The number of allylic oxidation sites excluding steroid dienone is 1. The van der Waals surface area contributed by atoms with Crippen molar-refractivity contribution in [3.63, 3.8) is 0 Å². The van der Waals surface area contributed by atoms with Gasteiger partial charge in [-0.1, -0.05) is 48.0 Å². The van der Waals surface area contributed by atoms with Crippen LogP contribution < -0.4 is 10.0 Å². The Bertz CT molecular complexity index is 1250. The van der Waals surface area contributed by atoms with E-state index in [4.69, 9.17) is 0 Å². The molecule has 0 aromatic heterocycles. The zero-order valence-electron chi connectivity index (χ0n) is 16.6. The number of phenols is 1. The van der Waals surface area contributed by atoms with E-state index in [9.17, 15) is 23.1 Å². The highest BCUT2D eigenvalue weighted by atomic mass is 32.2. The maximum absolute atomic E-state index is 12.6. The molecule has 0 radical (unpaired) electrons. The van der Waals surface area contributed by atoms with E-state index < -0.39 is 21.8 Å². The molecule has 0 aliphatic heterocycles. The smallest absolute Gasteiger partial charge is 0.333 e. The van der Waals surface area contributed by atoms with Gasteiger partial charge in [-0.15, -0.1) is 0 Å². The van der Waals surface area contributed by atoms with Gasteiger partial charge < -0.3 is 10.4 Å². The van der Waals surface area contributed by atoms with Crippen molar-refractivity contribution in [2.45, 2.75) is 11.8 Å². The number of carbonyl (C=O) groups excluding carboxylic acids is 2. The second kappa shape index (κ2) is 9.27. The van der Waals surface area contributed by atoms with E-state index in [1.165, 1.54) is 42.5 Å². The Labute approximate surface area is 180 Å². The summed E-state index contributed by atoms with van der Waals surface area (Å²) in [4.78, 5) is 24.9. The molecular formula is C23H20N2O5S. The molecule has 8 heteroatoms. The van der Waals surface area contributed by atoms with Crippen LogP contribution in [0.2, 0.25) is 0 Å². The van der Waals surface area contributed by atoms with Crippen LogP contribution in [0.5, 0.6) is 5.75 Å². The molecule has 7 nitrogen and oxygen atoms in total. The standard InChI is InChI=1S/C23H20N2O5S/c1-16-10-13-18(14-11-16)31(29,30)25-23(28)24-20-8-4-3-7-19(20)22(27)15-12-17-6-2-5-9-21(17)26/h2-15,26H,1H3,(H2,24,25,28)/b15-12+. The van der Waals surface area contributed by atoms with Gasteiger partial charge in [-0.3, -0.25) is 4.79 Å². The van der Waals surface area contributed by atoms with E-state index in [-0.39, 0.29) is 21.9 Å². The van der Waals surface area contributed by atoms with Gasteiger partial charge in [0, 0.05) is 11.1 Å². The molecule has 2 amide bonds. The molecule has 3 aromatic carbocycles. The van der Waals surface area contributed by atoms with Crippen LogP contribution in [0.25, 0.3) is 6.08 Å². The molecule has 0 saturated heterocycles. The fourth-order valence-electron chi connectivity index (χ4n) is 2.74. The van der Waals surface area contributed by atoms with Gasteiger partial charge in [0.05, 0.1) is 10.6 Å². The maximum atomic E-state index is 12.6. The Morgan fingerprint density at radius 2 is 1.55 bits per heavy atom. The quantitative estimate of drug-likeness (QED) is 0.398. The number of benzene rings is 3. The first-order valence-electron chi connectivity index (χ1n) is 9.26. The van der Waals surface area contributed by atoms with Crippen LogP contribution in [-0.4, -0.2) is 25.3 Å². The number of aromatic hydroxyl groups is 1. The largest absolute Gasteiger partial charge is 0.507 e. The predicted molar refractivity (Wildman–Crippen MR) is 118 cm³/mol. The molecule has 0 fully saturated rings. The van der Waals surface area contributed by atoms with Crippen LogP contribution in [0.4, 0.5) is 10.5 Å². The minimum Gasteiger partial charge on any atom is -0.507 e. The van der Waals surface area contributed by atoms with Crippen molar-refractivity contribution in [2.24, 2.45) is 0 Å². The summed E-state index contributed by atoms with van der Waals surface area (Å²) in [5.41, 5.74) is 1.65. The summed E-state index contributed by atoms with van der Waals surface area (Å²) in [6, 6.07) is 17.8. The average molecular weight is 436 g/mol. The number of anilines is 1. The van der Waals surface area contributed by atoms with E-state index in [1.54, 1.807) is 42.5 Å². The van der Waals surface area contributed by atoms with Gasteiger partial charge in [0.15, 0.2) is 5.78 Å². The fourth-order valence-corrected chi connectivity index (χ4v) is 3.64. The summed E-state index contributed by atoms with van der Waals surface area (Å²) in [6.45, 7) is 1.82. The molecule has 0 spiro atoms. The van der Waals surface area contributed by atoms with Crippen LogP contribution in [0, 0.1) is 6.92 Å². The molecule has 0 aliphatic carbocycles. The molecule has 0 heterocycles. The van der Waals surface area contributed by atoms with Gasteiger partial charge >= 0.3 is 6.03 Å². The molecule has 31 heavy (non-hydrogen) atoms. The highest BCUT2D eigenvalue weighted by molar-refractivity contribution is 7.90. The van der Waals surface area contributed by atoms with Gasteiger partial charge in [0.2, 0.25) is 0 Å². The molecule has 3 rings (SSSR count). The number of urea groups is 1. The molecular weight excluding hydrogens is 416 g/mol. The molecule has 0 saturated carbocycles. The summed E-state index contributed by atoms with van der Waals surface area (Å²) in [6.07, 6.45) is 2.72. The van der Waals surface area contributed by atoms with Gasteiger partial charge in [-0.25, -0.2) is 17.9 Å². The van der Waals surface area contributed by atoms with E-state index in [0.29, 0.717) is 5.56 Å². The Morgan fingerprint density at radius 3 is 2.26 bits per heavy atom. The summed E-state index contributed by atoms with van der Waals surface area (Å²) in [5.74, 6) is -0.404. The van der Waals surface area contributed by atoms with Crippen LogP contribution in [0.15, 0.2) is 83.8 Å². The molecule has 0 atom stereocenters.